The molecule has 1 atom stereocenters. The van der Waals surface area contributed by atoms with E-state index in [4.69, 9.17) is 9.62 Å². The highest BCUT2D eigenvalue weighted by Gasteiger charge is 2.11. The van der Waals surface area contributed by atoms with Crippen molar-refractivity contribution in [1.82, 2.24) is 10.2 Å². The molecule has 3 rings (SSSR count). The summed E-state index contributed by atoms with van der Waals surface area (Å²) in [5.74, 6) is 0.345. The standard InChI is InChI=1S/C17H16N4O4S/c22-15(18-13-6-8-14(9-7-13)21(23)24)11-26-17-20-19-16(25-17)10-12-4-2-1-3-5-12/h1-9,21,23H,10-11H2,(H,18,22). The van der Waals surface area contributed by atoms with E-state index in [0.29, 0.717) is 23.2 Å². The summed E-state index contributed by atoms with van der Waals surface area (Å²) in [6.07, 6.45) is 0.538. The quantitative estimate of drug-likeness (QED) is 0.428. The van der Waals surface area contributed by atoms with Crippen molar-refractivity contribution < 1.29 is 19.6 Å². The average Bonchev–Trinajstić information content (AvgIpc) is 3.09. The number of hydrogen-bond donors (Lipinski definition) is 3. The van der Waals surface area contributed by atoms with Crippen LogP contribution in [0.2, 0.25) is 0 Å². The van der Waals surface area contributed by atoms with Gasteiger partial charge in [-0.05, 0) is 17.7 Å². The van der Waals surface area contributed by atoms with Gasteiger partial charge in [0, 0.05) is 17.8 Å². The number of rotatable bonds is 7. The van der Waals surface area contributed by atoms with E-state index in [2.05, 4.69) is 15.5 Å². The van der Waals surface area contributed by atoms with E-state index in [1.807, 2.05) is 30.3 Å². The molecule has 1 heterocycles. The average molecular weight is 372 g/mol. The summed E-state index contributed by atoms with van der Waals surface area (Å²) in [4.78, 5) is 12.0. The Labute approximate surface area is 153 Å². The van der Waals surface area contributed by atoms with Crippen molar-refractivity contribution in [2.45, 2.75) is 11.6 Å². The van der Waals surface area contributed by atoms with Gasteiger partial charge in [-0.1, -0.05) is 42.1 Å². The molecule has 0 bridgehead atoms. The molecule has 26 heavy (non-hydrogen) atoms. The van der Waals surface area contributed by atoms with Gasteiger partial charge in [0.2, 0.25) is 11.8 Å². The van der Waals surface area contributed by atoms with Crippen molar-refractivity contribution in [3.63, 3.8) is 0 Å². The van der Waals surface area contributed by atoms with Gasteiger partial charge in [-0.2, -0.15) is 5.23 Å². The normalized spacial score (nSPS) is 11.9. The van der Waals surface area contributed by atoms with Gasteiger partial charge in [-0.3, -0.25) is 4.79 Å². The van der Waals surface area contributed by atoms with Crippen molar-refractivity contribution >= 4 is 29.0 Å². The van der Waals surface area contributed by atoms with E-state index in [1.165, 1.54) is 24.3 Å². The van der Waals surface area contributed by atoms with E-state index in [-0.39, 0.29) is 17.3 Å². The highest BCUT2D eigenvalue weighted by atomic mass is 32.2. The molecule has 0 aliphatic rings. The maximum absolute atomic E-state index is 12.0. The second-order valence-electron chi connectivity index (χ2n) is 5.34. The Kier molecular flexibility index (Phi) is 5.97. The number of thioether (sulfide) groups is 1. The number of quaternary nitrogens is 1. The Hall–Kier alpha value is -2.72. The highest BCUT2D eigenvalue weighted by molar-refractivity contribution is 7.99. The van der Waals surface area contributed by atoms with Crippen molar-refractivity contribution in [2.24, 2.45) is 0 Å². The van der Waals surface area contributed by atoms with Crippen molar-refractivity contribution in [2.75, 3.05) is 11.1 Å². The van der Waals surface area contributed by atoms with E-state index >= 15 is 0 Å². The number of nitrogens with one attached hydrogen (secondary N) is 2. The van der Waals surface area contributed by atoms with Crippen molar-refractivity contribution in [3.8, 4) is 0 Å². The first-order chi connectivity index (χ1) is 12.6. The van der Waals surface area contributed by atoms with Gasteiger partial charge in [0.05, 0.1) is 12.2 Å². The van der Waals surface area contributed by atoms with Gasteiger partial charge >= 0.3 is 0 Å². The number of carbonyl (C=O) groups is 1. The number of carbonyl (C=O) groups excluding carboxylic acids is 1. The third-order valence-electron chi connectivity index (χ3n) is 3.39. The lowest BCUT2D eigenvalue weighted by Crippen LogP contribution is -2.99. The molecule has 1 amide bonds. The summed E-state index contributed by atoms with van der Waals surface area (Å²) in [6.45, 7) is 0. The minimum absolute atomic E-state index is 0.105. The fourth-order valence-corrected chi connectivity index (χ4v) is 2.74. The molecule has 0 aliphatic carbocycles. The number of amides is 1. The maximum Gasteiger partial charge on any atom is 0.277 e. The third kappa shape index (κ3) is 5.14. The van der Waals surface area contributed by atoms with Crippen LogP contribution in [-0.2, 0) is 11.2 Å². The zero-order chi connectivity index (χ0) is 18.4. The maximum atomic E-state index is 12.0. The molecule has 0 aliphatic heterocycles. The third-order valence-corrected chi connectivity index (χ3v) is 4.21. The fourth-order valence-electron chi connectivity index (χ4n) is 2.16. The lowest BCUT2D eigenvalue weighted by atomic mass is 10.2. The first-order valence-electron chi connectivity index (χ1n) is 7.72. The molecule has 3 aromatic rings. The molecule has 0 fully saturated rings. The number of aromatic nitrogens is 2. The zero-order valence-corrected chi connectivity index (χ0v) is 14.4. The van der Waals surface area contributed by atoms with Crippen LogP contribution < -0.4 is 10.5 Å². The summed E-state index contributed by atoms with van der Waals surface area (Å²) >= 11 is 1.14. The largest absolute Gasteiger partial charge is 0.595 e. The van der Waals surface area contributed by atoms with Crippen LogP contribution in [-0.4, -0.2) is 27.1 Å². The lowest BCUT2D eigenvalue weighted by Gasteiger charge is -2.11. The van der Waals surface area contributed by atoms with Crippen LogP contribution in [0.15, 0.2) is 64.2 Å². The summed E-state index contributed by atoms with van der Waals surface area (Å²) in [7, 11) is 0. The van der Waals surface area contributed by atoms with Gasteiger partial charge in [0.1, 0.15) is 0 Å². The van der Waals surface area contributed by atoms with E-state index in [9.17, 15) is 10.0 Å². The molecule has 1 unspecified atom stereocenters. The zero-order valence-electron chi connectivity index (χ0n) is 13.6. The molecule has 8 nitrogen and oxygen atoms in total. The molecule has 2 aromatic carbocycles. The van der Waals surface area contributed by atoms with E-state index < -0.39 is 5.23 Å². The second-order valence-corrected chi connectivity index (χ2v) is 6.27. The number of anilines is 1. The van der Waals surface area contributed by atoms with Crippen LogP contribution in [0.1, 0.15) is 11.5 Å². The first-order valence-corrected chi connectivity index (χ1v) is 8.71. The van der Waals surface area contributed by atoms with Crippen LogP contribution in [0.5, 0.6) is 0 Å². The monoisotopic (exact) mass is 372 g/mol. The molecule has 134 valence electrons. The topological polar surface area (TPSA) is 116 Å². The summed E-state index contributed by atoms with van der Waals surface area (Å²) in [5.41, 5.74) is 1.75. The van der Waals surface area contributed by atoms with Crippen LogP contribution in [0, 0.1) is 5.21 Å². The predicted octanol–water partition coefficient (Wildman–Crippen LogP) is 1.79. The van der Waals surface area contributed by atoms with Crippen molar-refractivity contribution in [3.05, 3.63) is 71.3 Å². The molecule has 9 heteroatoms. The molecule has 3 N–H and O–H groups in total. The molecule has 0 saturated carbocycles. The Morgan fingerprint density at radius 1 is 1.15 bits per heavy atom. The molecular weight excluding hydrogens is 356 g/mol. The number of hydrogen-bond acceptors (Lipinski definition) is 7. The van der Waals surface area contributed by atoms with Gasteiger partial charge in [-0.25, -0.2) is 5.21 Å². The lowest BCUT2D eigenvalue weighted by molar-refractivity contribution is -0.991. The Morgan fingerprint density at radius 2 is 1.88 bits per heavy atom. The summed E-state index contributed by atoms with van der Waals surface area (Å²) in [5, 5.41) is 29.5. The Balaban J connectivity index is 1.48. The minimum Gasteiger partial charge on any atom is -0.595 e. The smallest absolute Gasteiger partial charge is 0.277 e. The van der Waals surface area contributed by atoms with Gasteiger partial charge in [-0.15, -0.1) is 10.2 Å². The predicted molar refractivity (Wildman–Crippen MR) is 95.1 cm³/mol. The molecule has 0 radical (unpaired) electrons. The molecule has 0 spiro atoms. The number of benzene rings is 2. The summed E-state index contributed by atoms with van der Waals surface area (Å²) < 4.78 is 5.53. The number of nitrogens with zero attached hydrogens (tertiary/aromatic N) is 2. The van der Waals surface area contributed by atoms with Crippen molar-refractivity contribution in [1.29, 1.82) is 0 Å². The van der Waals surface area contributed by atoms with Crippen LogP contribution in [0.4, 0.5) is 11.4 Å². The van der Waals surface area contributed by atoms with E-state index in [1.54, 1.807) is 0 Å². The minimum atomic E-state index is -1.01. The van der Waals surface area contributed by atoms with Gasteiger partial charge in [0.15, 0.2) is 5.69 Å². The molecular formula is C17H16N4O4S. The Morgan fingerprint density at radius 3 is 2.58 bits per heavy atom. The van der Waals surface area contributed by atoms with Gasteiger partial charge < -0.3 is 14.9 Å². The second kappa shape index (κ2) is 8.59. The SMILES string of the molecule is O=C(CSc1nnc(Cc2ccccc2)o1)Nc1ccc([NH+]([O-])O)cc1. The van der Waals surface area contributed by atoms with Gasteiger partial charge in [0.25, 0.3) is 5.22 Å². The van der Waals surface area contributed by atoms with Crippen LogP contribution >= 0.6 is 11.8 Å². The molecule has 1 aromatic heterocycles. The fraction of sp³-hybridized carbons (Fsp3) is 0.118. The van der Waals surface area contributed by atoms with Crippen LogP contribution in [0.25, 0.3) is 0 Å². The first kappa shape index (κ1) is 18.1. The van der Waals surface area contributed by atoms with E-state index in [0.717, 1.165) is 17.3 Å². The highest BCUT2D eigenvalue weighted by Crippen LogP contribution is 2.18. The van der Waals surface area contributed by atoms with Crippen LogP contribution in [0.3, 0.4) is 0 Å². The molecule has 0 saturated heterocycles. The Bertz CT molecular complexity index is 853. The summed E-state index contributed by atoms with van der Waals surface area (Å²) in [6, 6.07) is 15.7.